The fraction of sp³-hybridized carbons (Fsp3) is 0.833. The molecule has 1 aliphatic heterocycles. The number of nitrogens with one attached hydrogen (secondary N) is 1. The molecule has 2 aliphatic rings. The fourth-order valence-electron chi connectivity index (χ4n) is 2.41. The molecular weight excluding hydrogens is 234 g/mol. The maximum Gasteiger partial charge on any atom is 0.324 e. The van der Waals surface area contributed by atoms with Gasteiger partial charge < -0.3 is 15.8 Å². The molecular formula is C12H21N3O3. The summed E-state index contributed by atoms with van der Waals surface area (Å²) >= 11 is 0. The second-order valence-electron chi connectivity index (χ2n) is 4.97. The van der Waals surface area contributed by atoms with E-state index in [-0.39, 0.29) is 18.5 Å². The van der Waals surface area contributed by atoms with Crippen LogP contribution in [0.4, 0.5) is 4.79 Å². The maximum absolute atomic E-state index is 11.3. The van der Waals surface area contributed by atoms with Crippen molar-refractivity contribution in [1.82, 2.24) is 10.2 Å². The van der Waals surface area contributed by atoms with Crippen molar-refractivity contribution in [3.8, 4) is 0 Å². The zero-order valence-electron chi connectivity index (χ0n) is 10.6. The highest BCUT2D eigenvalue weighted by atomic mass is 16.5. The number of nitrogens with zero attached hydrogens (tertiary/aromatic N) is 1. The van der Waals surface area contributed by atoms with Crippen LogP contribution in [0.3, 0.4) is 0 Å². The van der Waals surface area contributed by atoms with Crippen LogP contribution in [0, 0.1) is 0 Å². The summed E-state index contributed by atoms with van der Waals surface area (Å²) in [7, 11) is 0. The average molecular weight is 255 g/mol. The number of imide groups is 1. The fourth-order valence-corrected chi connectivity index (χ4v) is 2.41. The molecule has 0 spiro atoms. The van der Waals surface area contributed by atoms with E-state index in [1.807, 2.05) is 0 Å². The lowest BCUT2D eigenvalue weighted by molar-refractivity contribution is -0.125. The Morgan fingerprint density at radius 1 is 1.28 bits per heavy atom. The minimum Gasteiger partial charge on any atom is -0.378 e. The van der Waals surface area contributed by atoms with Crippen LogP contribution in [0.2, 0.25) is 0 Å². The molecule has 0 atom stereocenters. The lowest BCUT2D eigenvalue weighted by atomic mass is 9.94. The van der Waals surface area contributed by atoms with Gasteiger partial charge in [0.1, 0.15) is 0 Å². The van der Waals surface area contributed by atoms with E-state index in [9.17, 15) is 9.59 Å². The van der Waals surface area contributed by atoms with E-state index in [1.165, 1.54) is 4.90 Å². The van der Waals surface area contributed by atoms with Gasteiger partial charge in [-0.15, -0.1) is 0 Å². The lowest BCUT2D eigenvalue weighted by Crippen LogP contribution is -2.33. The molecule has 2 fully saturated rings. The molecule has 2 rings (SSSR count). The molecule has 1 saturated carbocycles. The highest BCUT2D eigenvalue weighted by molar-refractivity contribution is 6.01. The molecule has 1 aliphatic carbocycles. The third-order valence-corrected chi connectivity index (χ3v) is 3.54. The second kappa shape index (κ2) is 6.15. The molecule has 3 amide bonds. The predicted octanol–water partition coefficient (Wildman–Crippen LogP) is 0.215. The summed E-state index contributed by atoms with van der Waals surface area (Å²) in [5.74, 6) is -0.149. The number of nitrogens with two attached hydrogens (primary N) is 1. The lowest BCUT2D eigenvalue weighted by Gasteiger charge is -2.26. The first-order chi connectivity index (χ1) is 8.66. The molecule has 0 aromatic heterocycles. The summed E-state index contributed by atoms with van der Waals surface area (Å²) in [4.78, 5) is 23.8. The molecule has 0 aromatic carbocycles. The Balaban J connectivity index is 1.58. The maximum atomic E-state index is 11.3. The zero-order chi connectivity index (χ0) is 13.0. The van der Waals surface area contributed by atoms with Gasteiger partial charge >= 0.3 is 6.03 Å². The van der Waals surface area contributed by atoms with Crippen LogP contribution in [0.1, 0.15) is 32.1 Å². The van der Waals surface area contributed by atoms with Crippen molar-refractivity contribution in [1.29, 1.82) is 0 Å². The molecule has 18 heavy (non-hydrogen) atoms. The van der Waals surface area contributed by atoms with Crippen LogP contribution in [0.25, 0.3) is 0 Å². The van der Waals surface area contributed by atoms with Crippen molar-refractivity contribution in [3.63, 3.8) is 0 Å². The van der Waals surface area contributed by atoms with Crippen molar-refractivity contribution >= 4 is 11.9 Å². The highest BCUT2D eigenvalue weighted by Gasteiger charge is 2.27. The summed E-state index contributed by atoms with van der Waals surface area (Å²) in [6.45, 7) is 1.16. The van der Waals surface area contributed by atoms with Gasteiger partial charge in [0.25, 0.3) is 0 Å². The molecule has 0 aromatic rings. The molecule has 6 heteroatoms. The molecule has 1 saturated heterocycles. The van der Waals surface area contributed by atoms with Gasteiger partial charge in [-0.3, -0.25) is 9.69 Å². The third-order valence-electron chi connectivity index (χ3n) is 3.54. The standard InChI is InChI=1S/C12H21N3O3/c13-9-2-4-10(5-3-9)18-7-1-6-15-11(16)8-14-12(15)17/h9-10H,1-8,13H2,(H,14,17). The number of hydrogen-bond donors (Lipinski definition) is 2. The number of amides is 3. The SMILES string of the molecule is NC1CCC(OCCCN2C(=O)CNC2=O)CC1. The Bertz CT molecular complexity index is 298. The van der Waals surface area contributed by atoms with Gasteiger partial charge in [-0.1, -0.05) is 0 Å². The van der Waals surface area contributed by atoms with E-state index >= 15 is 0 Å². The molecule has 6 nitrogen and oxygen atoms in total. The summed E-state index contributed by atoms with van der Waals surface area (Å²) < 4.78 is 5.74. The van der Waals surface area contributed by atoms with Crippen LogP contribution >= 0.6 is 0 Å². The summed E-state index contributed by atoms with van der Waals surface area (Å²) in [6, 6.07) is 0.0411. The topological polar surface area (TPSA) is 84.7 Å². The van der Waals surface area contributed by atoms with E-state index in [0.29, 0.717) is 31.7 Å². The first kappa shape index (κ1) is 13.3. The first-order valence-electron chi connectivity index (χ1n) is 6.62. The molecule has 0 unspecified atom stereocenters. The van der Waals surface area contributed by atoms with Gasteiger partial charge in [0.2, 0.25) is 5.91 Å². The van der Waals surface area contributed by atoms with E-state index < -0.39 is 0 Å². The number of carbonyl (C=O) groups excluding carboxylic acids is 2. The monoisotopic (exact) mass is 255 g/mol. The van der Waals surface area contributed by atoms with Crippen molar-refractivity contribution in [2.24, 2.45) is 5.73 Å². The number of carbonyl (C=O) groups is 2. The van der Waals surface area contributed by atoms with Gasteiger partial charge in [0.15, 0.2) is 0 Å². The minimum atomic E-state index is -0.288. The predicted molar refractivity (Wildman–Crippen MR) is 65.9 cm³/mol. The van der Waals surface area contributed by atoms with Gasteiger partial charge in [-0.05, 0) is 32.1 Å². The quantitative estimate of drug-likeness (QED) is 0.543. The van der Waals surface area contributed by atoms with E-state index in [0.717, 1.165) is 25.7 Å². The Morgan fingerprint density at radius 3 is 2.61 bits per heavy atom. The van der Waals surface area contributed by atoms with E-state index in [4.69, 9.17) is 10.5 Å². The molecule has 1 heterocycles. The van der Waals surface area contributed by atoms with Gasteiger partial charge in [-0.2, -0.15) is 0 Å². The average Bonchev–Trinajstić information content (AvgIpc) is 2.68. The zero-order valence-corrected chi connectivity index (χ0v) is 10.6. The summed E-state index contributed by atoms with van der Waals surface area (Å²) in [6.07, 6.45) is 5.08. The minimum absolute atomic E-state index is 0.125. The van der Waals surface area contributed by atoms with Gasteiger partial charge in [-0.25, -0.2) is 4.79 Å². The van der Waals surface area contributed by atoms with Crippen molar-refractivity contribution in [2.45, 2.75) is 44.2 Å². The second-order valence-corrected chi connectivity index (χ2v) is 4.97. The van der Waals surface area contributed by atoms with Crippen molar-refractivity contribution in [2.75, 3.05) is 19.7 Å². The van der Waals surface area contributed by atoms with Gasteiger partial charge in [0, 0.05) is 19.2 Å². The Morgan fingerprint density at radius 2 is 2.00 bits per heavy atom. The number of rotatable bonds is 5. The number of urea groups is 1. The summed E-state index contributed by atoms with van der Waals surface area (Å²) in [5.41, 5.74) is 5.82. The molecule has 0 bridgehead atoms. The van der Waals surface area contributed by atoms with Crippen LogP contribution in [-0.2, 0) is 9.53 Å². The normalized spacial score (nSPS) is 28.6. The molecule has 102 valence electrons. The number of ether oxygens (including phenoxy) is 1. The summed E-state index contributed by atoms with van der Waals surface area (Å²) in [5, 5.41) is 2.50. The highest BCUT2D eigenvalue weighted by Crippen LogP contribution is 2.19. The first-order valence-corrected chi connectivity index (χ1v) is 6.62. The van der Waals surface area contributed by atoms with Crippen molar-refractivity contribution in [3.05, 3.63) is 0 Å². The number of hydrogen-bond acceptors (Lipinski definition) is 4. The Kier molecular flexibility index (Phi) is 4.54. The molecule has 3 N–H and O–H groups in total. The largest absolute Gasteiger partial charge is 0.378 e. The van der Waals surface area contributed by atoms with Crippen LogP contribution in [0.15, 0.2) is 0 Å². The van der Waals surface area contributed by atoms with Crippen LogP contribution in [0.5, 0.6) is 0 Å². The Hall–Kier alpha value is -1.14. The smallest absolute Gasteiger partial charge is 0.324 e. The third kappa shape index (κ3) is 3.43. The Labute approximate surface area is 107 Å². The molecule has 0 radical (unpaired) electrons. The van der Waals surface area contributed by atoms with E-state index in [1.54, 1.807) is 0 Å². The van der Waals surface area contributed by atoms with Gasteiger partial charge in [0.05, 0.1) is 12.6 Å². The van der Waals surface area contributed by atoms with E-state index in [2.05, 4.69) is 5.32 Å². The van der Waals surface area contributed by atoms with Crippen molar-refractivity contribution < 1.29 is 14.3 Å². The van der Waals surface area contributed by atoms with Crippen LogP contribution in [-0.4, -0.2) is 48.7 Å². The van der Waals surface area contributed by atoms with Crippen LogP contribution < -0.4 is 11.1 Å².